The van der Waals surface area contributed by atoms with Crippen LogP contribution in [0.1, 0.15) is 17.2 Å². The standard InChI is InChI=1S/C21H15N3O3S/c25-16(9-8-14-5-2-1-3-6-14)17-18(15-7-4-10-22-13-15)24(20(27)19(17)26)21-23-11-12-28-21/h1-13,18,26H/b9-8+. The van der Waals surface area contributed by atoms with Crippen molar-refractivity contribution in [2.75, 3.05) is 4.90 Å². The molecule has 0 fully saturated rings. The minimum absolute atomic E-state index is 0.0142. The van der Waals surface area contributed by atoms with Crippen LogP contribution in [0.5, 0.6) is 0 Å². The fourth-order valence-corrected chi connectivity index (χ4v) is 3.74. The summed E-state index contributed by atoms with van der Waals surface area (Å²) in [5.74, 6) is -1.66. The van der Waals surface area contributed by atoms with Gasteiger partial charge in [-0.1, -0.05) is 42.5 Å². The van der Waals surface area contributed by atoms with E-state index >= 15 is 0 Å². The zero-order valence-corrected chi connectivity index (χ0v) is 15.4. The molecular formula is C21H15N3O3S. The van der Waals surface area contributed by atoms with Gasteiger partial charge in [0.25, 0.3) is 5.91 Å². The third-order valence-corrected chi connectivity index (χ3v) is 5.10. The number of aliphatic hydroxyl groups excluding tert-OH is 1. The maximum atomic E-state index is 13.0. The number of carbonyl (C=O) groups is 2. The molecule has 0 saturated carbocycles. The van der Waals surface area contributed by atoms with Crippen molar-refractivity contribution < 1.29 is 14.7 Å². The first-order valence-corrected chi connectivity index (χ1v) is 9.38. The molecule has 4 rings (SSSR count). The number of amides is 1. The number of allylic oxidation sites excluding steroid dienone is 1. The largest absolute Gasteiger partial charge is 0.503 e. The molecule has 0 aliphatic carbocycles. The van der Waals surface area contributed by atoms with Crippen molar-refractivity contribution in [2.24, 2.45) is 0 Å². The van der Waals surface area contributed by atoms with Gasteiger partial charge < -0.3 is 5.11 Å². The number of anilines is 1. The lowest BCUT2D eigenvalue weighted by Crippen LogP contribution is -2.30. The Bertz CT molecular complexity index is 1060. The van der Waals surface area contributed by atoms with Crippen molar-refractivity contribution in [1.29, 1.82) is 0 Å². The Hall–Kier alpha value is -3.58. The highest BCUT2D eigenvalue weighted by molar-refractivity contribution is 7.13. The zero-order chi connectivity index (χ0) is 19.5. The van der Waals surface area contributed by atoms with Crippen LogP contribution >= 0.6 is 11.3 Å². The molecule has 1 aromatic carbocycles. The fraction of sp³-hybridized carbons (Fsp3) is 0.0476. The first-order valence-electron chi connectivity index (χ1n) is 8.50. The number of hydrogen-bond acceptors (Lipinski definition) is 6. The Labute approximate surface area is 165 Å². The van der Waals surface area contributed by atoms with Gasteiger partial charge in [-0.15, -0.1) is 11.3 Å². The van der Waals surface area contributed by atoms with Crippen LogP contribution in [-0.2, 0) is 9.59 Å². The van der Waals surface area contributed by atoms with Crippen LogP contribution in [0.3, 0.4) is 0 Å². The molecule has 0 bridgehead atoms. The second kappa shape index (κ2) is 7.58. The molecule has 7 heteroatoms. The number of ketones is 1. The molecule has 1 aliphatic heterocycles. The lowest BCUT2D eigenvalue weighted by molar-refractivity contribution is -0.117. The molecule has 138 valence electrons. The highest BCUT2D eigenvalue weighted by atomic mass is 32.1. The Kier molecular flexibility index (Phi) is 4.82. The summed E-state index contributed by atoms with van der Waals surface area (Å²) in [5.41, 5.74) is 1.47. The van der Waals surface area contributed by atoms with Gasteiger partial charge in [0.15, 0.2) is 16.7 Å². The van der Waals surface area contributed by atoms with Crippen molar-refractivity contribution in [3.8, 4) is 0 Å². The van der Waals surface area contributed by atoms with E-state index in [4.69, 9.17) is 0 Å². The quantitative estimate of drug-likeness (QED) is 0.673. The normalized spacial score (nSPS) is 16.9. The Balaban J connectivity index is 1.76. The van der Waals surface area contributed by atoms with E-state index in [0.29, 0.717) is 10.7 Å². The molecule has 3 heterocycles. The lowest BCUT2D eigenvalue weighted by Gasteiger charge is -2.23. The number of benzene rings is 1. The SMILES string of the molecule is O=C(/C=C/c1ccccc1)C1=C(O)C(=O)N(c2nccs2)C1c1cccnc1. The summed E-state index contributed by atoms with van der Waals surface area (Å²) >= 11 is 1.25. The van der Waals surface area contributed by atoms with Gasteiger partial charge in [0.05, 0.1) is 11.6 Å². The summed E-state index contributed by atoms with van der Waals surface area (Å²) in [6.45, 7) is 0. The Morgan fingerprint density at radius 2 is 1.96 bits per heavy atom. The van der Waals surface area contributed by atoms with Crippen LogP contribution in [0.15, 0.2) is 83.8 Å². The van der Waals surface area contributed by atoms with E-state index in [0.717, 1.165) is 5.56 Å². The minimum Gasteiger partial charge on any atom is -0.503 e. The van der Waals surface area contributed by atoms with Crippen molar-refractivity contribution in [2.45, 2.75) is 6.04 Å². The number of aromatic nitrogens is 2. The van der Waals surface area contributed by atoms with E-state index in [1.807, 2.05) is 30.3 Å². The molecule has 0 saturated heterocycles. The predicted octanol–water partition coefficient (Wildman–Crippen LogP) is 3.72. The molecule has 1 amide bonds. The van der Waals surface area contributed by atoms with Gasteiger partial charge >= 0.3 is 0 Å². The van der Waals surface area contributed by atoms with Crippen molar-refractivity contribution >= 4 is 34.2 Å². The summed E-state index contributed by atoms with van der Waals surface area (Å²) in [7, 11) is 0. The predicted molar refractivity (Wildman–Crippen MR) is 107 cm³/mol. The molecule has 1 aliphatic rings. The van der Waals surface area contributed by atoms with Crippen LogP contribution in [0.25, 0.3) is 6.08 Å². The van der Waals surface area contributed by atoms with Gasteiger partial charge in [-0.3, -0.25) is 19.5 Å². The molecule has 1 unspecified atom stereocenters. The Morgan fingerprint density at radius 1 is 1.14 bits per heavy atom. The summed E-state index contributed by atoms with van der Waals surface area (Å²) in [5, 5.41) is 12.7. The van der Waals surface area contributed by atoms with Gasteiger partial charge in [-0.2, -0.15) is 0 Å². The number of hydrogen-bond donors (Lipinski definition) is 1. The molecule has 3 aromatic rings. The van der Waals surface area contributed by atoms with Crippen LogP contribution in [0.2, 0.25) is 0 Å². The second-order valence-corrected chi connectivity index (χ2v) is 6.92. The minimum atomic E-state index is -0.791. The van der Waals surface area contributed by atoms with Crippen LogP contribution in [0.4, 0.5) is 5.13 Å². The first kappa shape index (κ1) is 17.8. The molecule has 0 spiro atoms. The summed E-state index contributed by atoms with van der Waals surface area (Å²) in [6.07, 6.45) is 7.77. The van der Waals surface area contributed by atoms with Gasteiger partial charge in [-0.25, -0.2) is 4.98 Å². The van der Waals surface area contributed by atoms with Gasteiger partial charge in [0.1, 0.15) is 0 Å². The first-order chi connectivity index (χ1) is 13.7. The third kappa shape index (κ3) is 3.23. The van der Waals surface area contributed by atoms with Gasteiger partial charge in [0, 0.05) is 24.0 Å². The monoisotopic (exact) mass is 389 g/mol. The second-order valence-electron chi connectivity index (χ2n) is 6.05. The van der Waals surface area contributed by atoms with Crippen LogP contribution in [0, 0.1) is 0 Å². The fourth-order valence-electron chi connectivity index (χ4n) is 3.07. The zero-order valence-electron chi connectivity index (χ0n) is 14.6. The summed E-state index contributed by atoms with van der Waals surface area (Å²) in [6, 6.07) is 12.0. The van der Waals surface area contributed by atoms with E-state index < -0.39 is 23.5 Å². The highest BCUT2D eigenvalue weighted by Gasteiger charge is 2.44. The third-order valence-electron chi connectivity index (χ3n) is 4.33. The van der Waals surface area contributed by atoms with Crippen molar-refractivity contribution in [1.82, 2.24) is 9.97 Å². The van der Waals surface area contributed by atoms with Gasteiger partial charge in [-0.05, 0) is 23.3 Å². The van der Waals surface area contributed by atoms with E-state index in [2.05, 4.69) is 9.97 Å². The number of pyridine rings is 1. The molecule has 6 nitrogen and oxygen atoms in total. The smallest absolute Gasteiger partial charge is 0.296 e. The highest BCUT2D eigenvalue weighted by Crippen LogP contribution is 2.41. The van der Waals surface area contributed by atoms with Crippen molar-refractivity contribution in [3.63, 3.8) is 0 Å². The van der Waals surface area contributed by atoms with E-state index in [9.17, 15) is 14.7 Å². The van der Waals surface area contributed by atoms with E-state index in [-0.39, 0.29) is 5.57 Å². The summed E-state index contributed by atoms with van der Waals surface area (Å²) in [4.78, 5) is 35.3. The topological polar surface area (TPSA) is 83.4 Å². The Morgan fingerprint density at radius 3 is 2.64 bits per heavy atom. The van der Waals surface area contributed by atoms with E-state index in [1.54, 1.807) is 42.2 Å². The average Bonchev–Trinajstić information content (AvgIpc) is 3.35. The van der Waals surface area contributed by atoms with Gasteiger partial charge in [0.2, 0.25) is 0 Å². The van der Waals surface area contributed by atoms with Crippen LogP contribution in [-0.4, -0.2) is 26.8 Å². The molecular weight excluding hydrogens is 374 g/mol. The maximum Gasteiger partial charge on any atom is 0.296 e. The molecule has 0 radical (unpaired) electrons. The number of aliphatic hydroxyl groups is 1. The average molecular weight is 389 g/mol. The summed E-state index contributed by atoms with van der Waals surface area (Å²) < 4.78 is 0. The van der Waals surface area contributed by atoms with E-state index in [1.165, 1.54) is 22.3 Å². The number of rotatable bonds is 5. The van der Waals surface area contributed by atoms with Crippen LogP contribution < -0.4 is 4.90 Å². The van der Waals surface area contributed by atoms with Crippen molar-refractivity contribution in [3.05, 3.63) is 95.0 Å². The molecule has 1 N–H and O–H groups in total. The number of nitrogens with zero attached hydrogens (tertiary/aromatic N) is 3. The number of thiazole rings is 1. The molecule has 2 aromatic heterocycles. The lowest BCUT2D eigenvalue weighted by atomic mass is 9.97. The number of carbonyl (C=O) groups excluding carboxylic acids is 2. The molecule has 28 heavy (non-hydrogen) atoms. The molecule has 1 atom stereocenters. The maximum absolute atomic E-state index is 13.0.